The van der Waals surface area contributed by atoms with E-state index in [0.717, 1.165) is 62.4 Å². The van der Waals surface area contributed by atoms with E-state index in [1.807, 2.05) is 6.92 Å². The number of aromatic amines is 1. The maximum absolute atomic E-state index is 12.1. The molecule has 1 aromatic heterocycles. The quantitative estimate of drug-likeness (QED) is 0.673. The van der Waals surface area contributed by atoms with Crippen LogP contribution in [0.1, 0.15) is 78.6 Å². The molecule has 0 bridgehead atoms. The molecule has 1 rings (SSSR count). The summed E-state index contributed by atoms with van der Waals surface area (Å²) in [4.78, 5) is 37.3. The van der Waals surface area contributed by atoms with Crippen LogP contribution in [0.3, 0.4) is 0 Å². The Morgan fingerprint density at radius 2 is 1.50 bits per heavy atom. The monoisotopic (exact) mass is 312 g/mol. The molecular formula is C16H28N2O4. The third-order valence-corrected chi connectivity index (χ3v) is 4.20. The van der Waals surface area contributed by atoms with Crippen LogP contribution in [0.4, 0.5) is 0 Å². The van der Waals surface area contributed by atoms with Gasteiger partial charge in [-0.1, -0.05) is 58.8 Å². The number of rotatable bonds is 10. The molecule has 1 N–H and O–H groups in total. The van der Waals surface area contributed by atoms with Crippen LogP contribution in [0, 0.1) is 0 Å². The molecule has 1 atom stereocenters. The van der Waals surface area contributed by atoms with Gasteiger partial charge in [0.15, 0.2) is 0 Å². The topological polar surface area (TPSA) is 85.1 Å². The van der Waals surface area contributed by atoms with E-state index in [9.17, 15) is 14.4 Å². The maximum atomic E-state index is 12.1. The van der Waals surface area contributed by atoms with Gasteiger partial charge < -0.3 is 4.42 Å². The van der Waals surface area contributed by atoms with Crippen molar-refractivity contribution in [2.45, 2.75) is 84.1 Å². The van der Waals surface area contributed by atoms with E-state index in [-0.39, 0.29) is 0 Å². The van der Waals surface area contributed by atoms with E-state index >= 15 is 0 Å². The van der Waals surface area contributed by atoms with Crippen LogP contribution in [-0.2, 0) is 5.54 Å². The smallest absolute Gasteiger partial charge is 0.359 e. The summed E-state index contributed by atoms with van der Waals surface area (Å²) in [5, 5.41) is 0. The molecule has 126 valence electrons. The van der Waals surface area contributed by atoms with Crippen molar-refractivity contribution < 1.29 is 4.42 Å². The molecule has 0 amide bonds. The molecule has 6 heteroatoms. The summed E-state index contributed by atoms with van der Waals surface area (Å²) in [6.45, 7) is 6.16. The molecule has 6 nitrogen and oxygen atoms in total. The fourth-order valence-electron chi connectivity index (χ4n) is 2.88. The molecule has 0 radical (unpaired) electrons. The minimum Gasteiger partial charge on any atom is -0.359 e. The molecule has 0 saturated carbocycles. The Hall–Kier alpha value is -1.59. The first-order chi connectivity index (χ1) is 10.4. The Bertz CT molecular complexity index is 579. The van der Waals surface area contributed by atoms with Crippen molar-refractivity contribution in [3.05, 3.63) is 31.6 Å². The average Bonchev–Trinajstić information content (AvgIpc) is 2.43. The van der Waals surface area contributed by atoms with Crippen LogP contribution >= 0.6 is 0 Å². The number of nitrogens with zero attached hydrogens (tertiary/aromatic N) is 1. The van der Waals surface area contributed by atoms with Crippen LogP contribution in [0.25, 0.3) is 0 Å². The SMILES string of the molecule is CCCCCCC(C)(CCCCC)n1c(=O)[nH]c(=O)oc1=O. The van der Waals surface area contributed by atoms with Gasteiger partial charge in [0.05, 0.1) is 5.54 Å². The van der Waals surface area contributed by atoms with Gasteiger partial charge in [-0.3, -0.25) is 0 Å². The second kappa shape index (κ2) is 8.76. The molecule has 0 aromatic carbocycles. The summed E-state index contributed by atoms with van der Waals surface area (Å²) in [5.74, 6) is -1.85. The standard InChI is InChI=1S/C16H28N2O4/c1-4-6-8-10-12-16(3,11-9-7-5-2)18-13(19)17-14(20)22-15(18)21/h4-12H2,1-3H3,(H,17,19,20). The van der Waals surface area contributed by atoms with E-state index < -0.39 is 22.7 Å². The van der Waals surface area contributed by atoms with Crippen molar-refractivity contribution in [3.8, 4) is 0 Å². The second-order valence-corrected chi connectivity index (χ2v) is 6.19. The van der Waals surface area contributed by atoms with Gasteiger partial charge in [0, 0.05) is 0 Å². The lowest BCUT2D eigenvalue weighted by Gasteiger charge is -2.30. The summed E-state index contributed by atoms with van der Waals surface area (Å²) in [6, 6.07) is 0. The Kier molecular flexibility index (Phi) is 7.35. The summed E-state index contributed by atoms with van der Waals surface area (Å²) >= 11 is 0. The second-order valence-electron chi connectivity index (χ2n) is 6.19. The van der Waals surface area contributed by atoms with Crippen molar-refractivity contribution in [3.63, 3.8) is 0 Å². The molecule has 22 heavy (non-hydrogen) atoms. The normalized spacial score (nSPS) is 14.0. The van der Waals surface area contributed by atoms with Gasteiger partial charge in [-0.25, -0.2) is 23.9 Å². The third kappa shape index (κ3) is 5.00. The maximum Gasteiger partial charge on any atom is 0.427 e. The van der Waals surface area contributed by atoms with Gasteiger partial charge in [-0.2, -0.15) is 0 Å². The highest BCUT2D eigenvalue weighted by atomic mass is 16.5. The highest BCUT2D eigenvalue weighted by Gasteiger charge is 2.30. The van der Waals surface area contributed by atoms with E-state index in [0.29, 0.717) is 0 Å². The van der Waals surface area contributed by atoms with Gasteiger partial charge in [-0.05, 0) is 19.8 Å². The summed E-state index contributed by atoms with van der Waals surface area (Å²) in [6.07, 6.45) is 8.80. The highest BCUT2D eigenvalue weighted by molar-refractivity contribution is 4.85. The molecule has 1 unspecified atom stereocenters. The molecule has 0 aliphatic rings. The predicted molar refractivity (Wildman–Crippen MR) is 86.4 cm³/mol. The van der Waals surface area contributed by atoms with Gasteiger partial charge in [0.2, 0.25) is 0 Å². The highest BCUT2D eigenvalue weighted by Crippen LogP contribution is 2.27. The molecule has 0 spiro atoms. The molecular weight excluding hydrogens is 284 g/mol. The lowest BCUT2D eigenvalue weighted by Crippen LogP contribution is -2.50. The number of hydrogen-bond donors (Lipinski definition) is 1. The van der Waals surface area contributed by atoms with E-state index in [2.05, 4.69) is 23.2 Å². The lowest BCUT2D eigenvalue weighted by molar-refractivity contribution is 0.199. The summed E-state index contributed by atoms with van der Waals surface area (Å²) in [5.41, 5.74) is -1.28. The summed E-state index contributed by atoms with van der Waals surface area (Å²) < 4.78 is 5.66. The number of hydrogen-bond acceptors (Lipinski definition) is 4. The van der Waals surface area contributed by atoms with Crippen molar-refractivity contribution in [2.75, 3.05) is 0 Å². The van der Waals surface area contributed by atoms with Crippen LogP contribution in [0.5, 0.6) is 0 Å². The van der Waals surface area contributed by atoms with E-state index in [1.54, 1.807) is 0 Å². The van der Waals surface area contributed by atoms with Gasteiger partial charge in [0.1, 0.15) is 0 Å². The first-order valence-electron chi connectivity index (χ1n) is 8.31. The van der Waals surface area contributed by atoms with Crippen LogP contribution in [0.15, 0.2) is 18.8 Å². The zero-order chi connectivity index (χ0) is 16.6. The van der Waals surface area contributed by atoms with Crippen molar-refractivity contribution in [1.29, 1.82) is 0 Å². The van der Waals surface area contributed by atoms with Gasteiger partial charge >= 0.3 is 17.2 Å². The molecule has 1 aromatic rings. The molecule has 1 heterocycles. The van der Waals surface area contributed by atoms with Crippen molar-refractivity contribution in [1.82, 2.24) is 9.55 Å². The van der Waals surface area contributed by atoms with Crippen molar-refractivity contribution >= 4 is 0 Å². The van der Waals surface area contributed by atoms with Crippen molar-refractivity contribution in [2.24, 2.45) is 0 Å². The van der Waals surface area contributed by atoms with Crippen LogP contribution in [0.2, 0.25) is 0 Å². The predicted octanol–water partition coefficient (Wildman–Crippen LogP) is 2.76. The molecule has 0 saturated heterocycles. The fraction of sp³-hybridized carbons (Fsp3) is 0.812. The zero-order valence-electron chi connectivity index (χ0n) is 13.9. The third-order valence-electron chi connectivity index (χ3n) is 4.20. The first-order valence-corrected chi connectivity index (χ1v) is 8.31. The number of unbranched alkanes of at least 4 members (excludes halogenated alkanes) is 5. The van der Waals surface area contributed by atoms with Crippen LogP contribution < -0.4 is 17.2 Å². The van der Waals surface area contributed by atoms with Gasteiger partial charge in [0.25, 0.3) is 0 Å². The molecule has 0 aliphatic heterocycles. The Morgan fingerprint density at radius 1 is 0.955 bits per heavy atom. The molecule has 0 aliphatic carbocycles. The van der Waals surface area contributed by atoms with E-state index in [4.69, 9.17) is 0 Å². The number of nitrogens with one attached hydrogen (secondary N) is 1. The summed E-state index contributed by atoms with van der Waals surface area (Å²) in [7, 11) is 0. The fourth-order valence-corrected chi connectivity index (χ4v) is 2.88. The Morgan fingerprint density at radius 3 is 2.05 bits per heavy atom. The Balaban J connectivity index is 3.06. The lowest BCUT2D eigenvalue weighted by atomic mass is 9.88. The number of aromatic nitrogens is 2. The number of H-pyrrole nitrogens is 1. The minimum atomic E-state index is -0.992. The Labute approximate surface area is 130 Å². The largest absolute Gasteiger partial charge is 0.427 e. The van der Waals surface area contributed by atoms with E-state index in [1.165, 1.54) is 0 Å². The molecule has 0 fully saturated rings. The first kappa shape index (κ1) is 18.5. The van der Waals surface area contributed by atoms with Gasteiger partial charge in [-0.15, -0.1) is 0 Å². The average molecular weight is 312 g/mol. The minimum absolute atomic E-state index is 0.606. The zero-order valence-corrected chi connectivity index (χ0v) is 13.9. The van der Waals surface area contributed by atoms with Crippen LogP contribution in [-0.4, -0.2) is 9.55 Å².